The Morgan fingerprint density at radius 3 is 2.41 bits per heavy atom. The lowest BCUT2D eigenvalue weighted by molar-refractivity contribution is -0.0312. The van der Waals surface area contributed by atoms with Crippen LogP contribution in [0.3, 0.4) is 0 Å². The predicted molar refractivity (Wildman–Crippen MR) is 71.2 cm³/mol. The van der Waals surface area contributed by atoms with Crippen LogP contribution in [-0.4, -0.2) is 47.8 Å². The molecule has 2 fully saturated rings. The van der Waals surface area contributed by atoms with E-state index in [0.717, 1.165) is 39.0 Å². The van der Waals surface area contributed by atoms with Gasteiger partial charge in [-0.3, -0.25) is 0 Å². The fourth-order valence-corrected chi connectivity index (χ4v) is 3.37. The van der Waals surface area contributed by atoms with Crippen molar-refractivity contribution in [2.45, 2.75) is 63.5 Å². The van der Waals surface area contributed by atoms with Gasteiger partial charge in [-0.15, -0.1) is 0 Å². The molecule has 0 aromatic carbocycles. The SMILES string of the molecule is CCNC1CCN(CC2(O)CCCCC2)CC1. The van der Waals surface area contributed by atoms with Crippen LogP contribution in [0.5, 0.6) is 0 Å². The number of nitrogens with zero attached hydrogens (tertiary/aromatic N) is 1. The van der Waals surface area contributed by atoms with Gasteiger partial charge < -0.3 is 15.3 Å². The molecule has 3 heteroatoms. The van der Waals surface area contributed by atoms with Gasteiger partial charge in [-0.05, 0) is 45.3 Å². The van der Waals surface area contributed by atoms with Gasteiger partial charge in [0.1, 0.15) is 0 Å². The monoisotopic (exact) mass is 240 g/mol. The van der Waals surface area contributed by atoms with Crippen LogP contribution < -0.4 is 5.32 Å². The molecular formula is C14H28N2O. The lowest BCUT2D eigenvalue weighted by Crippen LogP contribution is -2.49. The molecule has 1 aliphatic carbocycles. The van der Waals surface area contributed by atoms with Crippen molar-refractivity contribution in [1.82, 2.24) is 10.2 Å². The van der Waals surface area contributed by atoms with E-state index in [4.69, 9.17) is 0 Å². The molecule has 100 valence electrons. The van der Waals surface area contributed by atoms with E-state index in [1.807, 2.05) is 0 Å². The third kappa shape index (κ3) is 3.94. The summed E-state index contributed by atoms with van der Waals surface area (Å²) < 4.78 is 0. The van der Waals surface area contributed by atoms with Gasteiger partial charge in [0.15, 0.2) is 0 Å². The smallest absolute Gasteiger partial charge is 0.0774 e. The van der Waals surface area contributed by atoms with E-state index < -0.39 is 0 Å². The van der Waals surface area contributed by atoms with Crippen molar-refractivity contribution in [3.63, 3.8) is 0 Å². The third-order valence-electron chi connectivity index (χ3n) is 4.38. The summed E-state index contributed by atoms with van der Waals surface area (Å²) in [5, 5.41) is 14.1. The van der Waals surface area contributed by atoms with E-state index in [9.17, 15) is 5.11 Å². The van der Waals surface area contributed by atoms with Crippen molar-refractivity contribution in [2.24, 2.45) is 0 Å². The van der Waals surface area contributed by atoms with Crippen molar-refractivity contribution in [3.8, 4) is 0 Å². The van der Waals surface area contributed by atoms with Crippen LogP contribution in [0.1, 0.15) is 51.9 Å². The van der Waals surface area contributed by atoms with Crippen molar-refractivity contribution in [3.05, 3.63) is 0 Å². The van der Waals surface area contributed by atoms with E-state index in [1.54, 1.807) is 0 Å². The number of likely N-dealkylation sites (tertiary alicyclic amines) is 1. The molecule has 2 aliphatic rings. The summed E-state index contributed by atoms with van der Waals surface area (Å²) in [7, 11) is 0. The predicted octanol–water partition coefficient (Wildman–Crippen LogP) is 1.76. The zero-order valence-electron chi connectivity index (χ0n) is 11.2. The quantitative estimate of drug-likeness (QED) is 0.786. The Labute approximate surface area is 106 Å². The van der Waals surface area contributed by atoms with Gasteiger partial charge >= 0.3 is 0 Å². The van der Waals surface area contributed by atoms with Gasteiger partial charge in [-0.2, -0.15) is 0 Å². The Morgan fingerprint density at radius 1 is 1.18 bits per heavy atom. The molecule has 0 aromatic heterocycles. The first-order valence-corrected chi connectivity index (χ1v) is 7.40. The molecule has 0 amide bonds. The van der Waals surface area contributed by atoms with E-state index in [1.165, 1.54) is 32.1 Å². The van der Waals surface area contributed by atoms with E-state index in [0.29, 0.717) is 6.04 Å². The number of β-amino-alcohol motifs (C(OH)–C–C–N with tert-alkyl or cyclic N) is 1. The summed E-state index contributed by atoms with van der Waals surface area (Å²) in [5.41, 5.74) is -0.372. The molecule has 0 unspecified atom stereocenters. The fourth-order valence-electron chi connectivity index (χ4n) is 3.37. The Kier molecular flexibility index (Phi) is 4.83. The van der Waals surface area contributed by atoms with Crippen molar-refractivity contribution in [1.29, 1.82) is 0 Å². The van der Waals surface area contributed by atoms with Crippen LogP contribution in [0.4, 0.5) is 0 Å². The first-order valence-electron chi connectivity index (χ1n) is 7.40. The summed E-state index contributed by atoms with van der Waals surface area (Å²) >= 11 is 0. The van der Waals surface area contributed by atoms with E-state index in [-0.39, 0.29) is 5.60 Å². The maximum atomic E-state index is 10.5. The highest BCUT2D eigenvalue weighted by atomic mass is 16.3. The molecule has 0 bridgehead atoms. The highest BCUT2D eigenvalue weighted by Gasteiger charge is 2.32. The van der Waals surface area contributed by atoms with Gasteiger partial charge in [0, 0.05) is 12.6 Å². The van der Waals surface area contributed by atoms with Crippen LogP contribution in [0.2, 0.25) is 0 Å². The highest BCUT2D eigenvalue weighted by Crippen LogP contribution is 2.29. The molecule has 1 saturated carbocycles. The Balaban J connectivity index is 1.73. The molecule has 1 heterocycles. The molecule has 3 nitrogen and oxygen atoms in total. The van der Waals surface area contributed by atoms with Crippen molar-refractivity contribution >= 4 is 0 Å². The van der Waals surface area contributed by atoms with E-state index >= 15 is 0 Å². The maximum absolute atomic E-state index is 10.5. The average molecular weight is 240 g/mol. The van der Waals surface area contributed by atoms with Crippen LogP contribution in [-0.2, 0) is 0 Å². The number of aliphatic hydroxyl groups is 1. The van der Waals surface area contributed by atoms with Crippen LogP contribution in [0.25, 0.3) is 0 Å². The minimum absolute atomic E-state index is 0.372. The summed E-state index contributed by atoms with van der Waals surface area (Å²) in [5.74, 6) is 0. The third-order valence-corrected chi connectivity index (χ3v) is 4.38. The van der Waals surface area contributed by atoms with Crippen LogP contribution >= 0.6 is 0 Å². The van der Waals surface area contributed by atoms with Crippen LogP contribution in [0.15, 0.2) is 0 Å². The van der Waals surface area contributed by atoms with Gasteiger partial charge in [0.2, 0.25) is 0 Å². The first kappa shape index (κ1) is 13.3. The summed E-state index contributed by atoms with van der Waals surface area (Å²) in [6.07, 6.45) is 8.24. The second kappa shape index (κ2) is 6.17. The molecule has 0 spiro atoms. The molecule has 17 heavy (non-hydrogen) atoms. The lowest BCUT2D eigenvalue weighted by atomic mass is 9.84. The minimum atomic E-state index is -0.372. The topological polar surface area (TPSA) is 35.5 Å². The average Bonchev–Trinajstić information content (AvgIpc) is 2.33. The first-order chi connectivity index (χ1) is 8.22. The Morgan fingerprint density at radius 2 is 1.82 bits per heavy atom. The second-order valence-corrected chi connectivity index (χ2v) is 5.89. The zero-order valence-corrected chi connectivity index (χ0v) is 11.2. The number of rotatable bonds is 4. The number of hydrogen-bond acceptors (Lipinski definition) is 3. The molecular weight excluding hydrogens is 212 g/mol. The number of nitrogens with one attached hydrogen (secondary N) is 1. The molecule has 1 saturated heterocycles. The fraction of sp³-hybridized carbons (Fsp3) is 1.00. The standard InChI is InChI=1S/C14H28N2O/c1-2-15-13-6-10-16(11-7-13)12-14(17)8-4-3-5-9-14/h13,15,17H,2-12H2,1H3. The minimum Gasteiger partial charge on any atom is -0.389 e. The molecule has 0 radical (unpaired) electrons. The summed E-state index contributed by atoms with van der Waals surface area (Å²) in [4.78, 5) is 2.47. The molecule has 0 aromatic rings. The van der Waals surface area contributed by atoms with Crippen molar-refractivity contribution in [2.75, 3.05) is 26.2 Å². The van der Waals surface area contributed by atoms with Gasteiger partial charge in [0.25, 0.3) is 0 Å². The normalized spacial score (nSPS) is 27.2. The Bertz CT molecular complexity index is 218. The summed E-state index contributed by atoms with van der Waals surface area (Å²) in [6.45, 7) is 6.47. The van der Waals surface area contributed by atoms with Gasteiger partial charge in [-0.25, -0.2) is 0 Å². The maximum Gasteiger partial charge on any atom is 0.0774 e. The van der Waals surface area contributed by atoms with E-state index in [2.05, 4.69) is 17.1 Å². The molecule has 1 aliphatic heterocycles. The molecule has 2 rings (SSSR count). The zero-order chi connectivity index (χ0) is 12.1. The van der Waals surface area contributed by atoms with Crippen LogP contribution in [0, 0.1) is 0 Å². The van der Waals surface area contributed by atoms with Gasteiger partial charge in [-0.1, -0.05) is 26.2 Å². The molecule has 0 atom stereocenters. The highest BCUT2D eigenvalue weighted by molar-refractivity contribution is 4.87. The van der Waals surface area contributed by atoms with Gasteiger partial charge in [0.05, 0.1) is 5.60 Å². The summed E-state index contributed by atoms with van der Waals surface area (Å²) in [6, 6.07) is 0.706. The largest absolute Gasteiger partial charge is 0.389 e. The van der Waals surface area contributed by atoms with Crippen molar-refractivity contribution < 1.29 is 5.11 Å². The lowest BCUT2D eigenvalue weighted by Gasteiger charge is -2.40. The second-order valence-electron chi connectivity index (χ2n) is 5.89. The molecule has 2 N–H and O–H groups in total. The number of hydrogen-bond donors (Lipinski definition) is 2. The number of piperidine rings is 1. The Hall–Kier alpha value is -0.120.